The van der Waals surface area contributed by atoms with E-state index in [4.69, 9.17) is 23.2 Å². The number of carbonyl (C=O) groups is 2. The lowest BCUT2D eigenvalue weighted by Crippen LogP contribution is -2.48. The van der Waals surface area contributed by atoms with E-state index in [1.807, 2.05) is 26.0 Å². The van der Waals surface area contributed by atoms with Gasteiger partial charge < -0.3 is 10.2 Å². The van der Waals surface area contributed by atoms with Gasteiger partial charge in [-0.2, -0.15) is 0 Å². The molecule has 1 atom stereocenters. The molecule has 1 N–H and O–H groups in total. The summed E-state index contributed by atoms with van der Waals surface area (Å²) in [5.41, 5.74) is 2.11. The zero-order chi connectivity index (χ0) is 25.5. The highest BCUT2D eigenvalue weighted by Gasteiger charge is 2.29. The molecule has 10 heteroatoms. The van der Waals surface area contributed by atoms with Crippen LogP contribution in [0.4, 0.5) is 5.69 Å². The van der Waals surface area contributed by atoms with Crippen molar-refractivity contribution in [3.8, 4) is 0 Å². The van der Waals surface area contributed by atoms with E-state index >= 15 is 0 Å². The van der Waals surface area contributed by atoms with Gasteiger partial charge in [0, 0.05) is 42.2 Å². The number of sulfonamides is 1. The Balaban J connectivity index is 2.23. The number of halogens is 2. The van der Waals surface area contributed by atoms with E-state index in [0.717, 1.165) is 11.8 Å². The van der Waals surface area contributed by atoms with Crippen molar-refractivity contribution >= 4 is 50.7 Å². The molecule has 2 aromatic carbocycles. The molecular weight excluding hydrogens is 497 g/mol. The molecule has 0 unspecified atom stereocenters. The molecule has 186 valence electrons. The number of anilines is 1. The summed E-state index contributed by atoms with van der Waals surface area (Å²) in [5.74, 6) is -0.583. The van der Waals surface area contributed by atoms with Crippen molar-refractivity contribution < 1.29 is 18.0 Å². The standard InChI is InChI=1S/C24H31Cl2N3O4S/c1-5-22(24(31)27-3)28(16-19-20(25)8-6-9-21(19)26)23(30)10-7-15-29(34(4,32)33)18-13-11-17(2)12-14-18/h6,8-9,11-14,22H,5,7,10,15-16H2,1-4H3,(H,27,31)/t22-/m1/s1. The van der Waals surface area contributed by atoms with Crippen LogP contribution < -0.4 is 9.62 Å². The van der Waals surface area contributed by atoms with Gasteiger partial charge in [0.1, 0.15) is 6.04 Å². The van der Waals surface area contributed by atoms with Crippen molar-refractivity contribution in [1.29, 1.82) is 0 Å². The van der Waals surface area contributed by atoms with Crippen LogP contribution in [0.15, 0.2) is 42.5 Å². The van der Waals surface area contributed by atoms with Crippen molar-refractivity contribution in [1.82, 2.24) is 10.2 Å². The smallest absolute Gasteiger partial charge is 0.242 e. The number of benzene rings is 2. The monoisotopic (exact) mass is 527 g/mol. The van der Waals surface area contributed by atoms with Crippen LogP contribution in [0.1, 0.15) is 37.3 Å². The Bertz CT molecular complexity index is 1090. The Morgan fingerprint density at radius 3 is 2.15 bits per heavy atom. The molecule has 0 aromatic heterocycles. The number of carbonyl (C=O) groups excluding carboxylic acids is 2. The van der Waals surface area contributed by atoms with Gasteiger partial charge in [-0.1, -0.05) is 53.9 Å². The second kappa shape index (κ2) is 12.4. The summed E-state index contributed by atoms with van der Waals surface area (Å²) in [4.78, 5) is 27.3. The van der Waals surface area contributed by atoms with E-state index < -0.39 is 16.1 Å². The molecule has 0 spiro atoms. The van der Waals surface area contributed by atoms with Gasteiger partial charge >= 0.3 is 0 Å². The Kier molecular flexibility index (Phi) is 10.2. The number of amides is 2. The molecule has 0 bridgehead atoms. The largest absolute Gasteiger partial charge is 0.357 e. The molecule has 2 amide bonds. The molecular formula is C24H31Cl2N3O4S. The molecule has 0 aliphatic heterocycles. The van der Waals surface area contributed by atoms with E-state index in [9.17, 15) is 18.0 Å². The fourth-order valence-electron chi connectivity index (χ4n) is 3.65. The summed E-state index contributed by atoms with van der Waals surface area (Å²) in [6.07, 6.45) is 1.86. The molecule has 0 aliphatic carbocycles. The lowest BCUT2D eigenvalue weighted by Gasteiger charge is -2.31. The minimum Gasteiger partial charge on any atom is -0.357 e. The Morgan fingerprint density at radius 2 is 1.65 bits per heavy atom. The number of hydrogen-bond acceptors (Lipinski definition) is 4. The molecule has 7 nitrogen and oxygen atoms in total. The van der Waals surface area contributed by atoms with Gasteiger partial charge in [0.15, 0.2) is 0 Å². The van der Waals surface area contributed by atoms with Gasteiger partial charge in [0.2, 0.25) is 21.8 Å². The van der Waals surface area contributed by atoms with Crippen molar-refractivity contribution in [2.75, 3.05) is 24.2 Å². The molecule has 34 heavy (non-hydrogen) atoms. The predicted molar refractivity (Wildman–Crippen MR) is 138 cm³/mol. The van der Waals surface area contributed by atoms with Crippen LogP contribution in [0, 0.1) is 6.92 Å². The first-order valence-corrected chi connectivity index (χ1v) is 13.6. The second-order valence-corrected chi connectivity index (χ2v) is 10.8. The van der Waals surface area contributed by atoms with Gasteiger partial charge in [0.25, 0.3) is 0 Å². The Labute approximate surface area is 212 Å². The third kappa shape index (κ3) is 7.35. The van der Waals surface area contributed by atoms with Gasteiger partial charge in [-0.15, -0.1) is 0 Å². The van der Waals surface area contributed by atoms with E-state index in [0.29, 0.717) is 27.7 Å². The molecule has 0 saturated carbocycles. The zero-order valence-corrected chi connectivity index (χ0v) is 22.2. The number of nitrogens with zero attached hydrogens (tertiary/aromatic N) is 2. The maximum atomic E-state index is 13.3. The Hall–Kier alpha value is -2.29. The van der Waals surface area contributed by atoms with Crippen LogP contribution in [0.5, 0.6) is 0 Å². The molecule has 2 aromatic rings. The normalized spacial score (nSPS) is 12.2. The van der Waals surface area contributed by atoms with Crippen molar-refractivity contribution in [3.63, 3.8) is 0 Å². The first-order chi connectivity index (χ1) is 16.0. The van der Waals surface area contributed by atoms with Crippen LogP contribution in [-0.2, 0) is 26.2 Å². The SMILES string of the molecule is CC[C@H](C(=O)NC)N(Cc1c(Cl)cccc1Cl)C(=O)CCCN(c1ccc(C)cc1)S(C)(=O)=O. The first kappa shape index (κ1) is 28.0. The van der Waals surface area contributed by atoms with E-state index in [1.54, 1.807) is 30.3 Å². The minimum absolute atomic E-state index is 0.0491. The van der Waals surface area contributed by atoms with Crippen LogP contribution >= 0.6 is 23.2 Å². The quantitative estimate of drug-likeness (QED) is 0.469. The van der Waals surface area contributed by atoms with Crippen LogP contribution in [0.2, 0.25) is 10.0 Å². The van der Waals surface area contributed by atoms with Crippen LogP contribution in [-0.4, -0.2) is 51.0 Å². The summed E-state index contributed by atoms with van der Waals surface area (Å²) in [6, 6.07) is 11.5. The molecule has 0 saturated heterocycles. The summed E-state index contributed by atoms with van der Waals surface area (Å²) in [7, 11) is -2.02. The summed E-state index contributed by atoms with van der Waals surface area (Å²) < 4.78 is 26.0. The molecule has 0 heterocycles. The lowest BCUT2D eigenvalue weighted by molar-refractivity contribution is -0.141. The first-order valence-electron chi connectivity index (χ1n) is 11.0. The molecule has 0 radical (unpaired) electrons. The van der Waals surface area contributed by atoms with E-state index in [2.05, 4.69) is 5.32 Å². The molecule has 0 fully saturated rings. The fourth-order valence-corrected chi connectivity index (χ4v) is 5.14. The number of hydrogen-bond donors (Lipinski definition) is 1. The topological polar surface area (TPSA) is 86.8 Å². The molecule has 0 aliphatic rings. The third-order valence-corrected chi connectivity index (χ3v) is 7.40. The lowest BCUT2D eigenvalue weighted by atomic mass is 10.1. The highest BCUT2D eigenvalue weighted by Crippen LogP contribution is 2.27. The maximum Gasteiger partial charge on any atom is 0.242 e. The minimum atomic E-state index is -3.54. The summed E-state index contributed by atoms with van der Waals surface area (Å²) >= 11 is 12.6. The Morgan fingerprint density at radius 1 is 1.06 bits per heavy atom. The number of nitrogens with one attached hydrogen (secondary N) is 1. The average molecular weight is 529 g/mol. The maximum absolute atomic E-state index is 13.3. The van der Waals surface area contributed by atoms with Crippen LogP contribution in [0.25, 0.3) is 0 Å². The van der Waals surface area contributed by atoms with Crippen LogP contribution in [0.3, 0.4) is 0 Å². The fraction of sp³-hybridized carbons (Fsp3) is 0.417. The van der Waals surface area contributed by atoms with Crippen molar-refractivity contribution in [2.24, 2.45) is 0 Å². The summed E-state index contributed by atoms with van der Waals surface area (Å²) in [6.45, 7) is 3.93. The number of rotatable bonds is 11. The van der Waals surface area contributed by atoms with Crippen molar-refractivity contribution in [3.05, 3.63) is 63.6 Å². The summed E-state index contributed by atoms with van der Waals surface area (Å²) in [5, 5.41) is 3.41. The average Bonchev–Trinajstić information content (AvgIpc) is 2.78. The van der Waals surface area contributed by atoms with Gasteiger partial charge in [-0.3, -0.25) is 13.9 Å². The highest BCUT2D eigenvalue weighted by molar-refractivity contribution is 7.92. The van der Waals surface area contributed by atoms with Crippen molar-refractivity contribution in [2.45, 2.75) is 45.7 Å². The third-order valence-electron chi connectivity index (χ3n) is 5.50. The van der Waals surface area contributed by atoms with Gasteiger partial charge in [-0.05, 0) is 44.0 Å². The van der Waals surface area contributed by atoms with Gasteiger partial charge in [-0.25, -0.2) is 8.42 Å². The van der Waals surface area contributed by atoms with Gasteiger partial charge in [0.05, 0.1) is 11.9 Å². The predicted octanol–water partition coefficient (Wildman–Crippen LogP) is 4.40. The highest BCUT2D eigenvalue weighted by atomic mass is 35.5. The number of aryl methyl sites for hydroxylation is 1. The molecule has 2 rings (SSSR count). The zero-order valence-electron chi connectivity index (χ0n) is 19.8. The van der Waals surface area contributed by atoms with E-state index in [-0.39, 0.29) is 37.7 Å². The second-order valence-electron chi connectivity index (χ2n) is 8.03. The van der Waals surface area contributed by atoms with E-state index in [1.165, 1.54) is 16.3 Å². The number of likely N-dealkylation sites (N-methyl/N-ethyl adjacent to an activating group) is 1.